The summed E-state index contributed by atoms with van der Waals surface area (Å²) >= 11 is 1.33. The van der Waals surface area contributed by atoms with Crippen LogP contribution in [0.4, 0.5) is 4.79 Å². The number of likely N-dealkylation sites (N-methyl/N-ethyl adjacent to an activating group) is 1. The Bertz CT molecular complexity index is 2340. The minimum absolute atomic E-state index is 0.0181. The highest BCUT2D eigenvalue weighted by molar-refractivity contribution is 7.09. The van der Waals surface area contributed by atoms with E-state index in [9.17, 15) is 19.2 Å². The van der Waals surface area contributed by atoms with Crippen LogP contribution >= 0.6 is 11.3 Å². The number of nitrogens with one attached hydrogen (secondary N) is 2. The van der Waals surface area contributed by atoms with Crippen molar-refractivity contribution in [2.45, 2.75) is 97.1 Å². The molecular weight excluding hydrogens is 849 g/mol. The number of esters is 1. The number of thiazole rings is 1. The Kier molecular flexibility index (Phi) is 17.9. The molecule has 0 saturated carbocycles. The van der Waals surface area contributed by atoms with E-state index in [1.807, 2.05) is 98.8 Å². The van der Waals surface area contributed by atoms with Crippen LogP contribution in [0.5, 0.6) is 0 Å². The summed E-state index contributed by atoms with van der Waals surface area (Å²) in [7, 11) is 1.78. The van der Waals surface area contributed by atoms with Crippen LogP contribution in [-0.4, -0.2) is 72.1 Å². The van der Waals surface area contributed by atoms with Crippen molar-refractivity contribution in [1.29, 1.82) is 0 Å². The molecule has 2 N–H and O–H groups in total. The summed E-state index contributed by atoms with van der Waals surface area (Å²) in [6, 6.07) is 34.4. The Labute approximate surface area is 394 Å². The molecule has 12 heteroatoms. The lowest BCUT2D eigenvalue weighted by Crippen LogP contribution is -2.54. The molecule has 11 nitrogen and oxygen atoms in total. The number of hydrogen-bond acceptors (Lipinski definition) is 9. The van der Waals surface area contributed by atoms with E-state index in [1.165, 1.54) is 17.4 Å². The van der Waals surface area contributed by atoms with Gasteiger partial charge in [0.05, 0.1) is 12.5 Å². The molecule has 5 aromatic rings. The van der Waals surface area contributed by atoms with E-state index in [-0.39, 0.29) is 73.1 Å². The first-order valence-corrected chi connectivity index (χ1v) is 23.9. The predicted octanol–water partition coefficient (Wildman–Crippen LogP) is 10.3. The molecule has 0 unspecified atom stereocenters. The van der Waals surface area contributed by atoms with Gasteiger partial charge in [-0.1, -0.05) is 163 Å². The molecule has 0 bridgehead atoms. The summed E-state index contributed by atoms with van der Waals surface area (Å²) in [4.78, 5) is 61.5. The van der Waals surface area contributed by atoms with Crippen LogP contribution in [0.3, 0.4) is 0 Å². The molecule has 1 aliphatic carbocycles. The predicted molar refractivity (Wildman–Crippen MR) is 260 cm³/mol. The first kappa shape index (κ1) is 49.3. The number of alkyl carbamates (subject to hydrolysis) is 1. The summed E-state index contributed by atoms with van der Waals surface area (Å²) in [5.74, 6) is -1.75. The van der Waals surface area contributed by atoms with Crippen molar-refractivity contribution in [2.24, 2.45) is 17.8 Å². The third-order valence-electron chi connectivity index (χ3n) is 12.5. The number of carbonyl (C=O) groups excluding carboxylic acids is 4. The van der Waals surface area contributed by atoms with Crippen LogP contribution in [-0.2, 0) is 36.8 Å². The van der Waals surface area contributed by atoms with Crippen LogP contribution < -0.4 is 10.6 Å². The van der Waals surface area contributed by atoms with E-state index < -0.39 is 24.2 Å². The molecule has 4 aromatic carbocycles. The van der Waals surface area contributed by atoms with Crippen molar-refractivity contribution < 1.29 is 33.4 Å². The number of nitrogens with zero attached hydrogens (tertiary/aromatic N) is 2. The molecule has 0 aliphatic heterocycles. The number of benzene rings is 4. The second-order valence-corrected chi connectivity index (χ2v) is 18.5. The van der Waals surface area contributed by atoms with Gasteiger partial charge in [0.2, 0.25) is 5.91 Å². The normalized spacial score (nSPS) is 14.7. The second kappa shape index (κ2) is 23.9. The van der Waals surface area contributed by atoms with E-state index in [2.05, 4.69) is 55.3 Å². The minimum atomic E-state index is -0.842. The van der Waals surface area contributed by atoms with Crippen LogP contribution in [0.15, 0.2) is 127 Å². The van der Waals surface area contributed by atoms with Crippen molar-refractivity contribution in [3.8, 4) is 11.1 Å². The largest absolute Gasteiger partial charge is 0.461 e. The number of ether oxygens (including phenoxy) is 3. The van der Waals surface area contributed by atoms with Crippen molar-refractivity contribution in [1.82, 2.24) is 20.5 Å². The van der Waals surface area contributed by atoms with Gasteiger partial charge in [-0.2, -0.15) is 0 Å². The van der Waals surface area contributed by atoms with Gasteiger partial charge >= 0.3 is 12.1 Å². The van der Waals surface area contributed by atoms with Gasteiger partial charge in [0.15, 0.2) is 0 Å². The summed E-state index contributed by atoms with van der Waals surface area (Å²) < 4.78 is 17.9. The van der Waals surface area contributed by atoms with E-state index in [0.717, 1.165) is 33.4 Å². The van der Waals surface area contributed by atoms with Gasteiger partial charge in [-0.05, 0) is 58.1 Å². The fourth-order valence-corrected chi connectivity index (χ4v) is 9.50. The molecule has 66 heavy (non-hydrogen) atoms. The summed E-state index contributed by atoms with van der Waals surface area (Å²) in [6.45, 7) is 14.0. The van der Waals surface area contributed by atoms with Crippen molar-refractivity contribution >= 4 is 35.2 Å². The maximum absolute atomic E-state index is 14.6. The highest BCUT2D eigenvalue weighted by Crippen LogP contribution is 2.44. The maximum Gasteiger partial charge on any atom is 0.407 e. The first-order valence-electron chi connectivity index (χ1n) is 23.0. The molecule has 1 aromatic heterocycles. The smallest absolute Gasteiger partial charge is 0.407 e. The molecule has 3 amide bonds. The lowest BCUT2D eigenvalue weighted by Gasteiger charge is -2.37. The minimum Gasteiger partial charge on any atom is -0.461 e. The van der Waals surface area contributed by atoms with Crippen LogP contribution in [0, 0.1) is 17.8 Å². The topological polar surface area (TPSA) is 136 Å². The highest BCUT2D eigenvalue weighted by atomic mass is 32.1. The molecular formula is C54H64N4O7S. The molecule has 6 atom stereocenters. The van der Waals surface area contributed by atoms with E-state index in [4.69, 9.17) is 19.2 Å². The van der Waals surface area contributed by atoms with Gasteiger partial charge in [-0.25, -0.2) is 9.78 Å². The fraction of sp³-hybridized carbons (Fsp3) is 0.389. The van der Waals surface area contributed by atoms with Gasteiger partial charge in [0, 0.05) is 36.9 Å². The monoisotopic (exact) mass is 912 g/mol. The summed E-state index contributed by atoms with van der Waals surface area (Å²) in [5, 5.41) is 8.41. The van der Waals surface area contributed by atoms with Crippen molar-refractivity contribution in [3.05, 3.63) is 160 Å². The Morgan fingerprint density at radius 1 is 0.803 bits per heavy atom. The van der Waals surface area contributed by atoms with Gasteiger partial charge in [0.1, 0.15) is 36.1 Å². The average Bonchev–Trinajstić information content (AvgIpc) is 3.95. The van der Waals surface area contributed by atoms with Crippen LogP contribution in [0.1, 0.15) is 104 Å². The maximum atomic E-state index is 14.6. The molecule has 0 fully saturated rings. The third kappa shape index (κ3) is 12.8. The van der Waals surface area contributed by atoms with Crippen LogP contribution in [0.25, 0.3) is 11.1 Å². The molecule has 1 heterocycles. The molecule has 348 valence electrons. The fourth-order valence-electron chi connectivity index (χ4n) is 8.64. The zero-order valence-corrected chi connectivity index (χ0v) is 39.8. The molecule has 0 saturated heterocycles. The van der Waals surface area contributed by atoms with Gasteiger partial charge < -0.3 is 29.7 Å². The standard InChI is InChI=1S/C54H64N4O7S/c1-8-28-63-53(61)37(6)29-40(30-38-20-12-10-13-21-38)55-50(59)46-34-66-51(56-46)48(64-32-39-22-14-11-15-23-39)31-47(35(3)4)58(7)52(60)49(36(5)9-2)57-54(62)65-33-45-43-26-18-16-24-41(43)42-25-17-19-27-44(42)45/h8,10-27,34-37,40,45,47-49H,1,9,28-33H2,2-7H3,(H,55,59)(H,57,62)/t36-,37-,40+,47+,48+,49-/m0/s1. The first-order chi connectivity index (χ1) is 31.9. The summed E-state index contributed by atoms with van der Waals surface area (Å²) in [6.07, 6.45) is 2.20. The van der Waals surface area contributed by atoms with Crippen molar-refractivity contribution in [3.63, 3.8) is 0 Å². The number of amides is 3. The van der Waals surface area contributed by atoms with Gasteiger partial charge in [-0.3, -0.25) is 14.4 Å². The van der Waals surface area contributed by atoms with Crippen LogP contribution in [0.2, 0.25) is 0 Å². The summed E-state index contributed by atoms with van der Waals surface area (Å²) in [5.41, 5.74) is 6.71. The lowest BCUT2D eigenvalue weighted by molar-refractivity contribution is -0.147. The van der Waals surface area contributed by atoms with E-state index >= 15 is 0 Å². The Balaban J connectivity index is 1.17. The van der Waals surface area contributed by atoms with Gasteiger partial charge in [-0.15, -0.1) is 11.3 Å². The van der Waals surface area contributed by atoms with E-state index in [0.29, 0.717) is 30.7 Å². The second-order valence-electron chi connectivity index (χ2n) is 17.6. The number of hydrogen-bond donors (Lipinski definition) is 2. The third-order valence-corrected chi connectivity index (χ3v) is 13.5. The zero-order valence-electron chi connectivity index (χ0n) is 39.0. The highest BCUT2D eigenvalue weighted by Gasteiger charge is 2.36. The number of fused-ring (bicyclic) bond motifs is 3. The number of carbonyl (C=O) groups is 4. The van der Waals surface area contributed by atoms with E-state index in [1.54, 1.807) is 24.3 Å². The molecule has 0 radical (unpaired) electrons. The number of rotatable bonds is 23. The SMILES string of the molecule is C=CCOC(=O)[C@@H](C)C[C@H](Cc1ccccc1)NC(=O)c1csc([C@@H](C[C@H](C(C)C)N(C)C(=O)[C@@H](NC(=O)OCC2c3ccccc3-c3ccccc32)[C@@H](C)CC)OCc2ccccc2)n1. The van der Waals surface area contributed by atoms with Crippen molar-refractivity contribution in [2.75, 3.05) is 20.3 Å². The Morgan fingerprint density at radius 3 is 2.02 bits per heavy atom. The molecule has 1 aliphatic rings. The Hall–Kier alpha value is -6.11. The molecule has 0 spiro atoms. The Morgan fingerprint density at radius 2 is 1.41 bits per heavy atom. The quantitative estimate of drug-likeness (QED) is 0.0488. The zero-order chi connectivity index (χ0) is 47.2. The average molecular weight is 913 g/mol. The number of aromatic nitrogens is 1. The lowest BCUT2D eigenvalue weighted by atomic mass is 9.93. The molecule has 6 rings (SSSR count). The van der Waals surface area contributed by atoms with Gasteiger partial charge in [0.25, 0.3) is 5.91 Å².